The Morgan fingerprint density at radius 3 is 2.80 bits per heavy atom. The van der Waals surface area contributed by atoms with E-state index in [0.29, 0.717) is 23.2 Å². The molecular weight excluding hydrogens is 331 g/mol. The SMILES string of the molecule is C[C@H](Oc1ccc(F)cc1Br)C(=O)NCCCC(N)=O. The molecule has 1 aromatic rings. The molecule has 0 saturated carbocycles. The monoisotopic (exact) mass is 346 g/mol. The average molecular weight is 347 g/mol. The van der Waals surface area contributed by atoms with Gasteiger partial charge < -0.3 is 15.8 Å². The van der Waals surface area contributed by atoms with E-state index in [1.54, 1.807) is 6.92 Å². The first-order valence-electron chi connectivity index (χ1n) is 6.08. The topological polar surface area (TPSA) is 81.4 Å². The summed E-state index contributed by atoms with van der Waals surface area (Å²) in [5.41, 5.74) is 4.99. The summed E-state index contributed by atoms with van der Waals surface area (Å²) in [4.78, 5) is 22.3. The van der Waals surface area contributed by atoms with Crippen LogP contribution in [0.25, 0.3) is 0 Å². The van der Waals surface area contributed by atoms with Gasteiger partial charge in [0.05, 0.1) is 4.47 Å². The van der Waals surface area contributed by atoms with E-state index < -0.39 is 17.8 Å². The Balaban J connectivity index is 2.43. The second-order valence-corrected chi connectivity index (χ2v) is 5.05. The zero-order chi connectivity index (χ0) is 15.1. The summed E-state index contributed by atoms with van der Waals surface area (Å²) in [6, 6.07) is 3.95. The lowest BCUT2D eigenvalue weighted by atomic mass is 10.3. The third-order valence-electron chi connectivity index (χ3n) is 2.47. The molecule has 0 aromatic heterocycles. The number of carbonyl (C=O) groups is 2. The summed E-state index contributed by atoms with van der Waals surface area (Å²) in [6.45, 7) is 1.93. The standard InChI is InChI=1S/C13H16BrFN2O3/c1-8(13(19)17-6-2-3-12(16)18)20-11-5-4-9(15)7-10(11)14/h4-5,7-8H,2-3,6H2,1H3,(H2,16,18)(H,17,19)/t8-/m0/s1. The second-order valence-electron chi connectivity index (χ2n) is 4.20. The molecule has 0 radical (unpaired) electrons. The van der Waals surface area contributed by atoms with E-state index in [4.69, 9.17) is 10.5 Å². The molecule has 0 fully saturated rings. The smallest absolute Gasteiger partial charge is 0.260 e. The number of nitrogens with one attached hydrogen (secondary N) is 1. The number of amides is 2. The fourth-order valence-electron chi connectivity index (χ4n) is 1.43. The second kappa shape index (κ2) is 7.84. The van der Waals surface area contributed by atoms with Gasteiger partial charge >= 0.3 is 0 Å². The van der Waals surface area contributed by atoms with Crippen LogP contribution in [0.3, 0.4) is 0 Å². The van der Waals surface area contributed by atoms with E-state index in [9.17, 15) is 14.0 Å². The van der Waals surface area contributed by atoms with Crippen LogP contribution in [0.2, 0.25) is 0 Å². The number of ether oxygens (including phenoxy) is 1. The molecule has 0 heterocycles. The van der Waals surface area contributed by atoms with Crippen molar-refractivity contribution in [2.45, 2.75) is 25.9 Å². The predicted molar refractivity (Wildman–Crippen MR) is 75.6 cm³/mol. The highest BCUT2D eigenvalue weighted by Gasteiger charge is 2.15. The number of hydrogen-bond acceptors (Lipinski definition) is 3. The fraction of sp³-hybridized carbons (Fsp3) is 0.385. The highest BCUT2D eigenvalue weighted by molar-refractivity contribution is 9.10. The van der Waals surface area contributed by atoms with Gasteiger partial charge in [-0.3, -0.25) is 9.59 Å². The van der Waals surface area contributed by atoms with E-state index in [0.717, 1.165) is 0 Å². The Morgan fingerprint density at radius 1 is 1.50 bits per heavy atom. The highest BCUT2D eigenvalue weighted by Crippen LogP contribution is 2.26. The van der Waals surface area contributed by atoms with E-state index in [-0.39, 0.29) is 12.3 Å². The van der Waals surface area contributed by atoms with E-state index in [2.05, 4.69) is 21.2 Å². The highest BCUT2D eigenvalue weighted by atomic mass is 79.9. The summed E-state index contributed by atoms with van der Waals surface area (Å²) < 4.78 is 18.8. The van der Waals surface area contributed by atoms with Crippen molar-refractivity contribution in [2.75, 3.05) is 6.54 Å². The van der Waals surface area contributed by atoms with Crippen LogP contribution in [0.1, 0.15) is 19.8 Å². The number of nitrogens with two attached hydrogens (primary N) is 1. The summed E-state index contributed by atoms with van der Waals surface area (Å²) in [7, 11) is 0. The molecule has 3 N–H and O–H groups in total. The van der Waals surface area contributed by atoms with Gasteiger partial charge in [-0.25, -0.2) is 4.39 Å². The summed E-state index contributed by atoms with van der Waals surface area (Å²) in [5.74, 6) is -0.733. The van der Waals surface area contributed by atoms with E-state index >= 15 is 0 Å². The zero-order valence-corrected chi connectivity index (χ0v) is 12.6. The van der Waals surface area contributed by atoms with Crippen molar-refractivity contribution < 1.29 is 18.7 Å². The Bertz CT molecular complexity index is 497. The molecule has 0 aliphatic heterocycles. The van der Waals surface area contributed by atoms with Crippen LogP contribution in [0, 0.1) is 5.82 Å². The van der Waals surface area contributed by atoms with Crippen LogP contribution in [-0.4, -0.2) is 24.5 Å². The van der Waals surface area contributed by atoms with Gasteiger partial charge in [0.15, 0.2) is 6.10 Å². The summed E-state index contributed by atoms with van der Waals surface area (Å²) in [6.07, 6.45) is -0.0297. The Kier molecular flexibility index (Phi) is 6.44. The van der Waals surface area contributed by atoms with Gasteiger partial charge in [0.25, 0.3) is 5.91 Å². The first kappa shape index (κ1) is 16.4. The number of carbonyl (C=O) groups excluding carboxylic acids is 2. The Morgan fingerprint density at radius 2 is 2.20 bits per heavy atom. The number of hydrogen-bond donors (Lipinski definition) is 2. The van der Waals surface area contributed by atoms with Crippen molar-refractivity contribution >= 4 is 27.7 Å². The summed E-state index contributed by atoms with van der Waals surface area (Å²) >= 11 is 3.16. The lowest BCUT2D eigenvalue weighted by Crippen LogP contribution is -2.37. The van der Waals surface area contributed by atoms with Crippen molar-refractivity contribution in [3.05, 3.63) is 28.5 Å². The van der Waals surface area contributed by atoms with Gasteiger partial charge in [-0.05, 0) is 47.5 Å². The van der Waals surface area contributed by atoms with Crippen LogP contribution in [0.15, 0.2) is 22.7 Å². The van der Waals surface area contributed by atoms with Gasteiger partial charge in [0.2, 0.25) is 5.91 Å². The van der Waals surface area contributed by atoms with Gasteiger partial charge in [0.1, 0.15) is 11.6 Å². The van der Waals surface area contributed by atoms with Crippen LogP contribution < -0.4 is 15.8 Å². The van der Waals surface area contributed by atoms with Crippen molar-refractivity contribution in [3.8, 4) is 5.75 Å². The van der Waals surface area contributed by atoms with Crippen LogP contribution in [0.4, 0.5) is 4.39 Å². The third-order valence-corrected chi connectivity index (χ3v) is 3.09. The molecule has 2 amide bonds. The maximum absolute atomic E-state index is 12.9. The first-order chi connectivity index (χ1) is 9.40. The number of halogens is 2. The van der Waals surface area contributed by atoms with Gasteiger partial charge in [-0.15, -0.1) is 0 Å². The van der Waals surface area contributed by atoms with Crippen LogP contribution in [-0.2, 0) is 9.59 Å². The molecule has 0 aliphatic rings. The Hall–Kier alpha value is -1.63. The molecule has 1 aromatic carbocycles. The molecule has 1 atom stereocenters. The molecular formula is C13H16BrFN2O3. The number of primary amides is 1. The fourth-order valence-corrected chi connectivity index (χ4v) is 1.88. The van der Waals surface area contributed by atoms with Crippen molar-refractivity contribution in [3.63, 3.8) is 0 Å². The lowest BCUT2D eigenvalue weighted by Gasteiger charge is -2.15. The normalized spacial score (nSPS) is 11.8. The minimum Gasteiger partial charge on any atom is -0.480 e. The number of benzene rings is 1. The molecule has 20 heavy (non-hydrogen) atoms. The molecule has 110 valence electrons. The van der Waals surface area contributed by atoms with E-state index in [1.807, 2.05) is 0 Å². The number of rotatable bonds is 7. The third kappa shape index (κ3) is 5.56. The van der Waals surface area contributed by atoms with Gasteiger partial charge in [0, 0.05) is 13.0 Å². The molecule has 0 unspecified atom stereocenters. The van der Waals surface area contributed by atoms with Crippen LogP contribution in [0.5, 0.6) is 5.75 Å². The predicted octanol–water partition coefficient (Wildman–Crippen LogP) is 1.74. The first-order valence-corrected chi connectivity index (χ1v) is 6.87. The van der Waals surface area contributed by atoms with Gasteiger partial charge in [-0.2, -0.15) is 0 Å². The molecule has 0 aliphatic carbocycles. The van der Waals surface area contributed by atoms with Crippen molar-refractivity contribution in [1.29, 1.82) is 0 Å². The minimum absolute atomic E-state index is 0.221. The van der Waals surface area contributed by atoms with E-state index in [1.165, 1.54) is 18.2 Å². The zero-order valence-electron chi connectivity index (χ0n) is 11.0. The maximum Gasteiger partial charge on any atom is 0.260 e. The molecule has 0 spiro atoms. The Labute approximate surface area is 124 Å². The van der Waals surface area contributed by atoms with Gasteiger partial charge in [-0.1, -0.05) is 0 Å². The van der Waals surface area contributed by atoms with Crippen molar-refractivity contribution in [1.82, 2.24) is 5.32 Å². The maximum atomic E-state index is 12.9. The molecule has 7 heteroatoms. The molecule has 0 bridgehead atoms. The molecule has 0 saturated heterocycles. The molecule has 1 rings (SSSR count). The van der Waals surface area contributed by atoms with Crippen molar-refractivity contribution in [2.24, 2.45) is 5.73 Å². The largest absolute Gasteiger partial charge is 0.480 e. The summed E-state index contributed by atoms with van der Waals surface area (Å²) in [5, 5.41) is 2.63. The quantitative estimate of drug-likeness (QED) is 0.737. The molecule has 5 nitrogen and oxygen atoms in total. The minimum atomic E-state index is -0.731. The van der Waals surface area contributed by atoms with Crippen LogP contribution >= 0.6 is 15.9 Å². The average Bonchev–Trinajstić information content (AvgIpc) is 2.37. The lowest BCUT2D eigenvalue weighted by molar-refractivity contribution is -0.127.